The molecule has 0 bridgehead atoms. The standard InChI is InChI=1S/C15H17N3O2/c1-3-18(13-7-5-4-6-10(13)2)14-8-11(15(19)20)12(16)9-17-14/h4-9H,3,16H2,1-2H3,(H,19,20). The van der Waals surface area contributed by atoms with Crippen molar-refractivity contribution in [1.29, 1.82) is 0 Å². The molecule has 0 aliphatic carbocycles. The lowest BCUT2D eigenvalue weighted by Crippen LogP contribution is -2.19. The highest BCUT2D eigenvalue weighted by atomic mass is 16.4. The Bertz CT molecular complexity index is 641. The second-order valence-electron chi connectivity index (χ2n) is 4.47. The second kappa shape index (κ2) is 5.61. The van der Waals surface area contributed by atoms with E-state index in [-0.39, 0.29) is 11.3 Å². The van der Waals surface area contributed by atoms with E-state index in [0.717, 1.165) is 11.3 Å². The zero-order chi connectivity index (χ0) is 14.7. The average molecular weight is 271 g/mol. The third-order valence-corrected chi connectivity index (χ3v) is 3.15. The number of aryl methyl sites for hydroxylation is 1. The Morgan fingerprint density at radius 2 is 2.10 bits per heavy atom. The zero-order valence-electron chi connectivity index (χ0n) is 11.5. The van der Waals surface area contributed by atoms with E-state index in [1.54, 1.807) is 0 Å². The van der Waals surface area contributed by atoms with Crippen LogP contribution in [0.2, 0.25) is 0 Å². The molecule has 20 heavy (non-hydrogen) atoms. The van der Waals surface area contributed by atoms with Crippen molar-refractivity contribution in [3.8, 4) is 0 Å². The van der Waals surface area contributed by atoms with Crippen molar-refractivity contribution in [3.05, 3.63) is 47.7 Å². The Morgan fingerprint density at radius 1 is 1.40 bits per heavy atom. The minimum atomic E-state index is -1.05. The van der Waals surface area contributed by atoms with Crippen molar-refractivity contribution in [2.75, 3.05) is 17.2 Å². The first kappa shape index (κ1) is 13.9. The topological polar surface area (TPSA) is 79.5 Å². The summed E-state index contributed by atoms with van der Waals surface area (Å²) in [5.41, 5.74) is 7.98. The number of rotatable bonds is 4. The summed E-state index contributed by atoms with van der Waals surface area (Å²) in [6, 6.07) is 9.41. The maximum atomic E-state index is 11.2. The Balaban J connectivity index is 2.50. The monoisotopic (exact) mass is 271 g/mol. The lowest BCUT2D eigenvalue weighted by molar-refractivity contribution is 0.0698. The molecule has 0 spiro atoms. The SMILES string of the molecule is CCN(c1cc(C(=O)O)c(N)cn1)c1ccccc1C. The highest BCUT2D eigenvalue weighted by Gasteiger charge is 2.15. The van der Waals surface area contributed by atoms with Gasteiger partial charge in [-0.1, -0.05) is 18.2 Å². The largest absolute Gasteiger partial charge is 0.478 e. The maximum Gasteiger partial charge on any atom is 0.337 e. The molecule has 0 aliphatic heterocycles. The van der Waals surface area contributed by atoms with Crippen molar-refractivity contribution >= 4 is 23.2 Å². The van der Waals surface area contributed by atoms with Crippen LogP contribution < -0.4 is 10.6 Å². The number of aromatic nitrogens is 1. The number of nitrogens with zero attached hydrogens (tertiary/aromatic N) is 2. The van der Waals surface area contributed by atoms with Gasteiger partial charge in [-0.3, -0.25) is 0 Å². The Morgan fingerprint density at radius 3 is 2.70 bits per heavy atom. The van der Waals surface area contributed by atoms with Crippen molar-refractivity contribution in [3.63, 3.8) is 0 Å². The molecule has 2 aromatic rings. The van der Waals surface area contributed by atoms with E-state index in [1.165, 1.54) is 12.3 Å². The molecule has 5 nitrogen and oxygen atoms in total. The van der Waals surface area contributed by atoms with Crippen molar-refractivity contribution in [2.24, 2.45) is 0 Å². The Kier molecular flexibility index (Phi) is 3.89. The number of nitrogen functional groups attached to an aromatic ring is 1. The van der Waals surface area contributed by atoms with Gasteiger partial charge in [-0.25, -0.2) is 9.78 Å². The fraction of sp³-hybridized carbons (Fsp3) is 0.200. The van der Waals surface area contributed by atoms with Crippen LogP contribution in [0.15, 0.2) is 36.5 Å². The van der Waals surface area contributed by atoms with E-state index >= 15 is 0 Å². The molecule has 0 saturated carbocycles. The Labute approximate surface area is 117 Å². The summed E-state index contributed by atoms with van der Waals surface area (Å²) >= 11 is 0. The molecule has 1 aromatic carbocycles. The number of carbonyl (C=O) groups is 1. The fourth-order valence-electron chi connectivity index (χ4n) is 2.11. The van der Waals surface area contributed by atoms with Gasteiger partial charge in [-0.2, -0.15) is 0 Å². The number of carboxylic acid groups (broad SMARTS) is 1. The number of hydrogen-bond acceptors (Lipinski definition) is 4. The molecule has 0 amide bonds. The first-order valence-electron chi connectivity index (χ1n) is 6.36. The normalized spacial score (nSPS) is 10.3. The lowest BCUT2D eigenvalue weighted by Gasteiger charge is -2.24. The molecule has 0 atom stereocenters. The van der Waals surface area contributed by atoms with Gasteiger partial charge in [0, 0.05) is 12.2 Å². The van der Waals surface area contributed by atoms with Gasteiger partial charge >= 0.3 is 5.97 Å². The average Bonchev–Trinajstić information content (AvgIpc) is 2.43. The number of anilines is 3. The number of hydrogen-bond donors (Lipinski definition) is 2. The van der Waals surface area contributed by atoms with Gasteiger partial charge in [0.2, 0.25) is 0 Å². The first-order chi connectivity index (χ1) is 9.54. The molecule has 0 fully saturated rings. The van der Waals surface area contributed by atoms with Crippen LogP contribution in [0.5, 0.6) is 0 Å². The molecule has 0 aliphatic rings. The first-order valence-corrected chi connectivity index (χ1v) is 6.36. The molecular weight excluding hydrogens is 254 g/mol. The Hall–Kier alpha value is -2.56. The van der Waals surface area contributed by atoms with Gasteiger partial charge in [-0.15, -0.1) is 0 Å². The van der Waals surface area contributed by atoms with Crippen LogP contribution >= 0.6 is 0 Å². The minimum Gasteiger partial charge on any atom is -0.478 e. The smallest absolute Gasteiger partial charge is 0.337 e. The number of para-hydroxylation sites is 1. The summed E-state index contributed by atoms with van der Waals surface area (Å²) in [5, 5.41) is 9.14. The molecule has 5 heteroatoms. The zero-order valence-corrected chi connectivity index (χ0v) is 11.5. The maximum absolute atomic E-state index is 11.2. The molecule has 1 aromatic heterocycles. The minimum absolute atomic E-state index is 0.0713. The number of benzene rings is 1. The van der Waals surface area contributed by atoms with E-state index in [0.29, 0.717) is 12.4 Å². The molecule has 0 unspecified atom stereocenters. The molecule has 0 radical (unpaired) electrons. The predicted octanol–water partition coefficient (Wildman–Crippen LogP) is 2.83. The third kappa shape index (κ3) is 2.56. The lowest BCUT2D eigenvalue weighted by atomic mass is 10.1. The van der Waals surface area contributed by atoms with Gasteiger partial charge in [0.05, 0.1) is 17.4 Å². The highest BCUT2D eigenvalue weighted by molar-refractivity contribution is 5.94. The van der Waals surface area contributed by atoms with E-state index in [1.807, 2.05) is 43.0 Å². The van der Waals surface area contributed by atoms with Crippen LogP contribution in [0, 0.1) is 6.92 Å². The van der Waals surface area contributed by atoms with Gasteiger partial charge < -0.3 is 15.7 Å². The van der Waals surface area contributed by atoms with Crippen LogP contribution in [-0.2, 0) is 0 Å². The van der Waals surface area contributed by atoms with Crippen LogP contribution in [0.1, 0.15) is 22.8 Å². The fourth-order valence-corrected chi connectivity index (χ4v) is 2.11. The second-order valence-corrected chi connectivity index (χ2v) is 4.47. The predicted molar refractivity (Wildman–Crippen MR) is 79.5 cm³/mol. The third-order valence-electron chi connectivity index (χ3n) is 3.15. The number of pyridine rings is 1. The van der Waals surface area contributed by atoms with Crippen LogP contribution in [0.4, 0.5) is 17.2 Å². The highest BCUT2D eigenvalue weighted by Crippen LogP contribution is 2.28. The summed E-state index contributed by atoms with van der Waals surface area (Å²) in [6.45, 7) is 4.68. The number of aromatic carboxylic acids is 1. The van der Waals surface area contributed by atoms with Crippen LogP contribution in [0.3, 0.4) is 0 Å². The molecule has 1 heterocycles. The van der Waals surface area contributed by atoms with Gasteiger partial charge in [0.15, 0.2) is 0 Å². The van der Waals surface area contributed by atoms with Crippen molar-refractivity contribution in [1.82, 2.24) is 4.98 Å². The molecule has 3 N–H and O–H groups in total. The molecule has 0 saturated heterocycles. The number of nitrogens with two attached hydrogens (primary N) is 1. The van der Waals surface area contributed by atoms with Crippen molar-refractivity contribution in [2.45, 2.75) is 13.8 Å². The molecular formula is C15H17N3O2. The van der Waals surface area contributed by atoms with E-state index in [9.17, 15) is 4.79 Å². The molecule has 2 rings (SSSR count). The van der Waals surface area contributed by atoms with Crippen LogP contribution in [-0.4, -0.2) is 22.6 Å². The van der Waals surface area contributed by atoms with Crippen LogP contribution in [0.25, 0.3) is 0 Å². The number of carboxylic acids is 1. The van der Waals surface area contributed by atoms with E-state index in [4.69, 9.17) is 10.8 Å². The summed E-state index contributed by atoms with van der Waals surface area (Å²) < 4.78 is 0. The summed E-state index contributed by atoms with van der Waals surface area (Å²) in [4.78, 5) is 17.4. The summed E-state index contributed by atoms with van der Waals surface area (Å²) in [5.74, 6) is -0.472. The van der Waals surface area contributed by atoms with Gasteiger partial charge in [-0.05, 0) is 31.5 Å². The quantitative estimate of drug-likeness (QED) is 0.893. The molecule has 104 valence electrons. The summed E-state index contributed by atoms with van der Waals surface area (Å²) in [6.07, 6.45) is 1.39. The van der Waals surface area contributed by atoms with Gasteiger partial charge in [0.25, 0.3) is 0 Å². The van der Waals surface area contributed by atoms with E-state index < -0.39 is 5.97 Å². The van der Waals surface area contributed by atoms with Crippen molar-refractivity contribution < 1.29 is 9.90 Å². The van der Waals surface area contributed by atoms with Gasteiger partial charge in [0.1, 0.15) is 5.82 Å². The summed E-state index contributed by atoms with van der Waals surface area (Å²) in [7, 11) is 0. The van der Waals surface area contributed by atoms with E-state index in [2.05, 4.69) is 4.98 Å².